The standard InChI is InChI=1S/C15H24N2O3.C10H12N2O/c1-11(2)10-19-13-6-7-16-12(8-13)9-17-14(18)20-15(3,4)5;1-8(2)7-13-10-3-4-12-9(5-10)6-11/h6-8,11H,9-10H2,1-5H3,(H,17,18);3-5,8H,7H2,1-2H3. The third-order valence-electron chi connectivity index (χ3n) is 3.61. The fourth-order valence-corrected chi connectivity index (χ4v) is 2.21. The molecule has 0 saturated heterocycles. The van der Waals surface area contributed by atoms with E-state index in [-0.39, 0.29) is 0 Å². The minimum Gasteiger partial charge on any atom is -0.493 e. The summed E-state index contributed by atoms with van der Waals surface area (Å²) in [5, 5.41) is 11.2. The van der Waals surface area contributed by atoms with E-state index >= 15 is 0 Å². The van der Waals surface area contributed by atoms with Crippen LogP contribution in [0.2, 0.25) is 0 Å². The molecular formula is C25H36N4O4. The van der Waals surface area contributed by atoms with Gasteiger partial charge in [0.05, 0.1) is 25.5 Å². The lowest BCUT2D eigenvalue weighted by atomic mass is 10.2. The summed E-state index contributed by atoms with van der Waals surface area (Å²) in [6, 6.07) is 8.98. The molecule has 0 aromatic carbocycles. The van der Waals surface area contributed by atoms with Crippen LogP contribution in [-0.4, -0.2) is 34.9 Å². The molecule has 1 N–H and O–H groups in total. The number of nitriles is 1. The number of rotatable bonds is 8. The molecule has 2 rings (SSSR count). The molecule has 0 bridgehead atoms. The lowest BCUT2D eigenvalue weighted by Crippen LogP contribution is -2.32. The van der Waals surface area contributed by atoms with Crippen LogP contribution >= 0.6 is 0 Å². The van der Waals surface area contributed by atoms with Crippen LogP contribution in [0.5, 0.6) is 11.5 Å². The average molecular weight is 457 g/mol. The van der Waals surface area contributed by atoms with Gasteiger partial charge in [-0.05, 0) is 44.7 Å². The van der Waals surface area contributed by atoms with Crippen molar-refractivity contribution in [2.75, 3.05) is 13.2 Å². The molecule has 0 aliphatic heterocycles. The van der Waals surface area contributed by atoms with Crippen molar-refractivity contribution in [1.82, 2.24) is 15.3 Å². The van der Waals surface area contributed by atoms with Gasteiger partial charge in [-0.2, -0.15) is 5.26 Å². The summed E-state index contributed by atoms with van der Waals surface area (Å²) in [7, 11) is 0. The van der Waals surface area contributed by atoms with Crippen LogP contribution < -0.4 is 14.8 Å². The second kappa shape index (κ2) is 13.9. The van der Waals surface area contributed by atoms with Crippen LogP contribution in [0.4, 0.5) is 4.79 Å². The number of hydrogen-bond donors (Lipinski definition) is 1. The number of nitrogens with one attached hydrogen (secondary N) is 1. The maximum absolute atomic E-state index is 11.5. The molecule has 0 radical (unpaired) electrons. The van der Waals surface area contributed by atoms with Gasteiger partial charge in [-0.3, -0.25) is 4.98 Å². The molecule has 0 saturated carbocycles. The smallest absolute Gasteiger partial charge is 0.407 e. The Morgan fingerprint density at radius 3 is 2.06 bits per heavy atom. The highest BCUT2D eigenvalue weighted by molar-refractivity contribution is 5.67. The van der Waals surface area contributed by atoms with Gasteiger partial charge in [0.2, 0.25) is 0 Å². The average Bonchev–Trinajstić information content (AvgIpc) is 2.74. The molecule has 8 nitrogen and oxygen atoms in total. The predicted octanol–water partition coefficient (Wildman–Crippen LogP) is 5.13. The monoisotopic (exact) mass is 456 g/mol. The Labute approximate surface area is 197 Å². The first kappa shape index (κ1) is 27.7. The maximum atomic E-state index is 11.5. The Morgan fingerprint density at radius 2 is 1.55 bits per heavy atom. The fraction of sp³-hybridized carbons (Fsp3) is 0.520. The predicted molar refractivity (Wildman–Crippen MR) is 127 cm³/mol. The van der Waals surface area contributed by atoms with E-state index in [1.807, 2.05) is 32.9 Å². The molecule has 1 amide bonds. The first-order chi connectivity index (χ1) is 15.5. The maximum Gasteiger partial charge on any atom is 0.407 e. The Balaban J connectivity index is 0.000000361. The highest BCUT2D eigenvalue weighted by Gasteiger charge is 2.15. The van der Waals surface area contributed by atoms with Crippen molar-refractivity contribution in [1.29, 1.82) is 5.26 Å². The lowest BCUT2D eigenvalue weighted by molar-refractivity contribution is 0.0523. The lowest BCUT2D eigenvalue weighted by Gasteiger charge is -2.19. The normalized spacial score (nSPS) is 10.7. The van der Waals surface area contributed by atoms with E-state index in [0.717, 1.165) is 11.4 Å². The van der Waals surface area contributed by atoms with Gasteiger partial charge in [-0.25, -0.2) is 9.78 Å². The van der Waals surface area contributed by atoms with Gasteiger partial charge in [0.25, 0.3) is 0 Å². The van der Waals surface area contributed by atoms with E-state index in [1.165, 1.54) is 0 Å². The van der Waals surface area contributed by atoms with E-state index in [2.05, 4.69) is 43.0 Å². The van der Waals surface area contributed by atoms with Gasteiger partial charge >= 0.3 is 6.09 Å². The van der Waals surface area contributed by atoms with E-state index in [0.29, 0.717) is 43.0 Å². The number of aromatic nitrogens is 2. The Morgan fingerprint density at radius 1 is 1.00 bits per heavy atom. The molecule has 33 heavy (non-hydrogen) atoms. The zero-order valence-corrected chi connectivity index (χ0v) is 20.7. The summed E-state index contributed by atoms with van der Waals surface area (Å²) in [6.45, 7) is 15.4. The molecule has 0 unspecified atom stereocenters. The molecule has 2 aromatic rings. The highest BCUT2D eigenvalue weighted by atomic mass is 16.6. The number of carbonyl (C=O) groups excluding carboxylic acids is 1. The molecule has 2 heterocycles. The summed E-state index contributed by atoms with van der Waals surface area (Å²) < 4.78 is 16.2. The summed E-state index contributed by atoms with van der Waals surface area (Å²) in [6.07, 6.45) is 2.79. The first-order valence-electron chi connectivity index (χ1n) is 11.0. The molecular weight excluding hydrogens is 420 g/mol. The van der Waals surface area contributed by atoms with Crippen LogP contribution in [0, 0.1) is 23.2 Å². The van der Waals surface area contributed by atoms with Crippen LogP contribution in [0.25, 0.3) is 0 Å². The van der Waals surface area contributed by atoms with Gasteiger partial charge < -0.3 is 19.5 Å². The Kier molecular flexibility index (Phi) is 11.7. The van der Waals surface area contributed by atoms with Gasteiger partial charge in [-0.15, -0.1) is 0 Å². The van der Waals surface area contributed by atoms with Gasteiger partial charge in [-0.1, -0.05) is 27.7 Å². The number of amides is 1. The van der Waals surface area contributed by atoms with Crippen LogP contribution in [0.3, 0.4) is 0 Å². The minimum absolute atomic E-state index is 0.313. The minimum atomic E-state index is -0.500. The van der Waals surface area contributed by atoms with Crippen molar-refractivity contribution in [3.8, 4) is 17.6 Å². The second-order valence-corrected chi connectivity index (χ2v) is 9.24. The van der Waals surface area contributed by atoms with Gasteiger partial charge in [0.15, 0.2) is 0 Å². The third-order valence-corrected chi connectivity index (χ3v) is 3.61. The molecule has 0 aliphatic carbocycles. The Hall–Kier alpha value is -3.34. The van der Waals surface area contributed by atoms with E-state index in [9.17, 15) is 4.79 Å². The van der Waals surface area contributed by atoms with Crippen molar-refractivity contribution in [2.24, 2.45) is 11.8 Å². The topological polar surface area (TPSA) is 106 Å². The molecule has 0 spiro atoms. The van der Waals surface area contributed by atoms with E-state index < -0.39 is 11.7 Å². The molecule has 180 valence electrons. The van der Waals surface area contributed by atoms with Crippen LogP contribution in [-0.2, 0) is 11.3 Å². The number of nitrogens with zero attached hydrogens (tertiary/aromatic N) is 3. The molecule has 0 atom stereocenters. The summed E-state index contributed by atoms with van der Waals surface area (Å²) >= 11 is 0. The number of hydrogen-bond acceptors (Lipinski definition) is 7. The molecule has 2 aromatic heterocycles. The third kappa shape index (κ3) is 13.6. The largest absolute Gasteiger partial charge is 0.493 e. The fourth-order valence-electron chi connectivity index (χ4n) is 2.21. The van der Waals surface area contributed by atoms with Gasteiger partial charge in [0, 0.05) is 24.5 Å². The first-order valence-corrected chi connectivity index (χ1v) is 11.0. The van der Waals surface area contributed by atoms with Crippen molar-refractivity contribution in [3.63, 3.8) is 0 Å². The second-order valence-electron chi connectivity index (χ2n) is 9.24. The van der Waals surface area contributed by atoms with Crippen LogP contribution in [0.15, 0.2) is 36.7 Å². The highest BCUT2D eigenvalue weighted by Crippen LogP contribution is 2.13. The van der Waals surface area contributed by atoms with Crippen molar-refractivity contribution < 1.29 is 19.0 Å². The quantitative estimate of drug-likeness (QED) is 0.587. The van der Waals surface area contributed by atoms with E-state index in [4.69, 9.17) is 19.5 Å². The molecule has 8 heteroatoms. The van der Waals surface area contributed by atoms with Crippen LogP contribution in [0.1, 0.15) is 59.9 Å². The summed E-state index contributed by atoms with van der Waals surface area (Å²) in [5.74, 6) is 2.42. The number of carbonyl (C=O) groups is 1. The van der Waals surface area contributed by atoms with Crippen molar-refractivity contribution in [3.05, 3.63) is 48.0 Å². The molecule has 0 fully saturated rings. The number of pyridine rings is 2. The van der Waals surface area contributed by atoms with Gasteiger partial charge in [0.1, 0.15) is 28.9 Å². The summed E-state index contributed by atoms with van der Waals surface area (Å²) in [4.78, 5) is 19.6. The van der Waals surface area contributed by atoms with E-state index in [1.54, 1.807) is 30.6 Å². The SMILES string of the molecule is CC(C)COc1ccnc(C#N)c1.CC(C)COc1ccnc(CNC(=O)OC(C)(C)C)c1. The zero-order chi connectivity index (χ0) is 24.9. The van der Waals surface area contributed by atoms with Crippen molar-refractivity contribution >= 4 is 6.09 Å². The van der Waals surface area contributed by atoms with Crippen molar-refractivity contribution in [2.45, 2.75) is 60.6 Å². The summed E-state index contributed by atoms with van der Waals surface area (Å²) in [5.41, 5.74) is 0.623. The number of alkyl carbamates (subject to hydrolysis) is 1. The Bertz CT molecular complexity index is 902. The number of ether oxygens (including phenoxy) is 3. The molecule has 0 aliphatic rings. The zero-order valence-electron chi connectivity index (χ0n) is 20.7.